The van der Waals surface area contributed by atoms with E-state index in [9.17, 15) is 24.5 Å². The molecule has 0 fully saturated rings. The lowest BCUT2D eigenvalue weighted by atomic mass is 9.92. The van der Waals surface area contributed by atoms with Crippen molar-refractivity contribution >= 4 is 23.4 Å². The molecule has 1 heterocycles. The molecule has 0 radical (unpaired) electrons. The number of benzene rings is 1. The number of rotatable bonds is 6. The number of hydrogen-bond acceptors (Lipinski definition) is 5. The van der Waals surface area contributed by atoms with E-state index in [0.717, 1.165) is 4.90 Å². The van der Waals surface area contributed by atoms with Crippen molar-refractivity contribution in [3.8, 4) is 0 Å². The fraction of sp³-hybridized carbons (Fsp3) is 0.357. The molecule has 9 heteroatoms. The summed E-state index contributed by atoms with van der Waals surface area (Å²) in [4.78, 5) is 47.1. The van der Waals surface area contributed by atoms with Gasteiger partial charge in [-0.25, -0.2) is 0 Å². The van der Waals surface area contributed by atoms with E-state index in [0.29, 0.717) is 0 Å². The maximum absolute atomic E-state index is 12.5. The summed E-state index contributed by atoms with van der Waals surface area (Å²) in [5.74, 6) is -1.97. The molecule has 4 N–H and O–H groups in total. The molecule has 3 amide bonds. The highest BCUT2D eigenvalue weighted by Crippen LogP contribution is 2.36. The maximum Gasteiger partial charge on any atom is 0.275 e. The van der Waals surface area contributed by atoms with Crippen molar-refractivity contribution in [3.05, 3.63) is 39.4 Å². The number of nitrogens with zero attached hydrogens (tertiary/aromatic N) is 2. The van der Waals surface area contributed by atoms with Gasteiger partial charge in [0.2, 0.25) is 11.8 Å². The van der Waals surface area contributed by atoms with Crippen LogP contribution in [0.4, 0.5) is 5.69 Å². The summed E-state index contributed by atoms with van der Waals surface area (Å²) in [6, 6.07) is 4.16. The van der Waals surface area contributed by atoms with Crippen LogP contribution in [0.5, 0.6) is 0 Å². The van der Waals surface area contributed by atoms with Crippen LogP contribution < -0.4 is 11.5 Å². The van der Waals surface area contributed by atoms with Crippen molar-refractivity contribution in [2.45, 2.75) is 31.8 Å². The first kappa shape index (κ1) is 16.4. The zero-order valence-corrected chi connectivity index (χ0v) is 12.4. The van der Waals surface area contributed by atoms with Crippen molar-refractivity contribution in [2.24, 2.45) is 11.5 Å². The molecule has 0 saturated heterocycles. The number of amides is 3. The summed E-state index contributed by atoms with van der Waals surface area (Å²) in [7, 11) is 0. The molecule has 0 saturated carbocycles. The molecule has 1 aromatic carbocycles. The third-order valence-corrected chi connectivity index (χ3v) is 4.12. The van der Waals surface area contributed by atoms with Crippen LogP contribution in [0.1, 0.15) is 35.7 Å². The van der Waals surface area contributed by atoms with E-state index in [1.54, 1.807) is 0 Å². The predicted molar refractivity (Wildman–Crippen MR) is 79.0 cm³/mol. The number of nitro benzene ring substituents is 1. The van der Waals surface area contributed by atoms with Crippen LogP contribution in [0.25, 0.3) is 0 Å². The van der Waals surface area contributed by atoms with Crippen LogP contribution in [0.15, 0.2) is 18.2 Å². The lowest BCUT2D eigenvalue weighted by Gasteiger charge is -2.35. The van der Waals surface area contributed by atoms with Gasteiger partial charge in [0, 0.05) is 12.5 Å². The molecule has 0 bridgehead atoms. The fourth-order valence-corrected chi connectivity index (χ4v) is 2.64. The van der Waals surface area contributed by atoms with Crippen molar-refractivity contribution in [3.63, 3.8) is 0 Å². The van der Waals surface area contributed by atoms with E-state index in [1.807, 2.05) is 0 Å². The van der Waals surface area contributed by atoms with Gasteiger partial charge in [-0.2, -0.15) is 0 Å². The second-order valence-electron chi connectivity index (χ2n) is 5.56. The van der Waals surface area contributed by atoms with E-state index in [2.05, 4.69) is 0 Å². The number of nitrogens with two attached hydrogens (primary N) is 2. The van der Waals surface area contributed by atoms with E-state index in [-0.39, 0.29) is 36.2 Å². The zero-order chi connectivity index (χ0) is 17.4. The minimum absolute atomic E-state index is 0.0504. The van der Waals surface area contributed by atoms with E-state index < -0.39 is 28.2 Å². The number of carbonyl (C=O) groups is 3. The van der Waals surface area contributed by atoms with E-state index in [1.165, 1.54) is 25.1 Å². The van der Waals surface area contributed by atoms with Gasteiger partial charge < -0.3 is 16.4 Å². The van der Waals surface area contributed by atoms with Gasteiger partial charge in [0.25, 0.3) is 11.6 Å². The molecule has 1 aromatic rings. The molecule has 23 heavy (non-hydrogen) atoms. The Morgan fingerprint density at radius 3 is 2.57 bits per heavy atom. The first-order chi connectivity index (χ1) is 10.7. The summed E-state index contributed by atoms with van der Waals surface area (Å²) < 4.78 is 0. The highest BCUT2D eigenvalue weighted by Gasteiger charge is 2.46. The van der Waals surface area contributed by atoms with Gasteiger partial charge in [0.05, 0.1) is 22.6 Å². The monoisotopic (exact) mass is 320 g/mol. The van der Waals surface area contributed by atoms with Gasteiger partial charge in [-0.15, -0.1) is 0 Å². The molecule has 1 unspecified atom stereocenters. The number of fused-ring (bicyclic) bond motifs is 1. The highest BCUT2D eigenvalue weighted by atomic mass is 16.6. The lowest BCUT2D eigenvalue weighted by Crippen LogP contribution is -2.55. The van der Waals surface area contributed by atoms with Gasteiger partial charge in [0.1, 0.15) is 5.54 Å². The lowest BCUT2D eigenvalue weighted by molar-refractivity contribution is -0.385. The van der Waals surface area contributed by atoms with Gasteiger partial charge >= 0.3 is 0 Å². The first-order valence-electron chi connectivity index (χ1n) is 6.85. The Labute approximate surface area is 131 Å². The number of primary amides is 2. The number of hydrogen-bond donors (Lipinski definition) is 2. The van der Waals surface area contributed by atoms with Crippen molar-refractivity contribution < 1.29 is 19.3 Å². The van der Waals surface area contributed by atoms with Crippen LogP contribution >= 0.6 is 0 Å². The Morgan fingerprint density at radius 2 is 2.04 bits per heavy atom. The highest BCUT2D eigenvalue weighted by molar-refractivity contribution is 6.03. The van der Waals surface area contributed by atoms with Gasteiger partial charge in [-0.05, 0) is 19.4 Å². The average molecular weight is 320 g/mol. The molecule has 0 aliphatic carbocycles. The Balaban J connectivity index is 2.43. The molecular weight excluding hydrogens is 304 g/mol. The van der Waals surface area contributed by atoms with Gasteiger partial charge in [-0.3, -0.25) is 24.5 Å². The smallest absolute Gasteiger partial charge is 0.275 e. The summed E-state index contributed by atoms with van der Waals surface area (Å²) >= 11 is 0. The van der Waals surface area contributed by atoms with Crippen molar-refractivity contribution in [2.75, 3.05) is 0 Å². The molecule has 9 nitrogen and oxygen atoms in total. The van der Waals surface area contributed by atoms with Crippen LogP contribution in [0.3, 0.4) is 0 Å². The summed E-state index contributed by atoms with van der Waals surface area (Å²) in [6.07, 6.45) is -0.188. The quantitative estimate of drug-likeness (QED) is 0.561. The Kier molecular flexibility index (Phi) is 4.04. The number of nitro groups is 1. The zero-order valence-electron chi connectivity index (χ0n) is 12.4. The third kappa shape index (κ3) is 2.72. The van der Waals surface area contributed by atoms with E-state index >= 15 is 0 Å². The summed E-state index contributed by atoms with van der Waals surface area (Å²) in [5.41, 5.74) is 9.25. The predicted octanol–water partition coefficient (Wildman–Crippen LogP) is 0.0601. The minimum atomic E-state index is -1.46. The van der Waals surface area contributed by atoms with Crippen molar-refractivity contribution in [1.29, 1.82) is 0 Å². The maximum atomic E-state index is 12.5. The Bertz CT molecular complexity index is 717. The van der Waals surface area contributed by atoms with E-state index in [4.69, 9.17) is 11.5 Å². The van der Waals surface area contributed by atoms with Gasteiger partial charge in [-0.1, -0.05) is 6.07 Å². The van der Waals surface area contributed by atoms with Crippen LogP contribution in [0, 0.1) is 10.1 Å². The van der Waals surface area contributed by atoms with Crippen LogP contribution in [0.2, 0.25) is 0 Å². The van der Waals surface area contributed by atoms with Gasteiger partial charge in [0.15, 0.2) is 0 Å². The molecule has 1 atom stereocenters. The second kappa shape index (κ2) is 5.67. The molecule has 1 aliphatic rings. The molecule has 122 valence electrons. The summed E-state index contributed by atoms with van der Waals surface area (Å²) in [6.45, 7) is 1.30. The molecular formula is C14H16N4O5. The van der Waals surface area contributed by atoms with Crippen LogP contribution in [-0.2, 0) is 16.1 Å². The normalized spacial score (nSPS) is 15.9. The Hall–Kier alpha value is -2.97. The topological polar surface area (TPSA) is 150 Å². The van der Waals surface area contributed by atoms with Crippen LogP contribution in [-0.4, -0.2) is 33.1 Å². The fourth-order valence-electron chi connectivity index (χ4n) is 2.64. The summed E-state index contributed by atoms with van der Waals surface area (Å²) in [5, 5.41) is 11.1. The largest absolute Gasteiger partial charge is 0.370 e. The SMILES string of the molecule is CC(CCC(N)=O)(C(N)=O)N1Cc2c(cccc2[N+](=O)[O-])C1=O. The molecule has 1 aliphatic heterocycles. The minimum Gasteiger partial charge on any atom is -0.370 e. The first-order valence-corrected chi connectivity index (χ1v) is 6.85. The average Bonchev–Trinajstić information content (AvgIpc) is 2.82. The third-order valence-electron chi connectivity index (χ3n) is 4.12. The molecule has 2 rings (SSSR count). The second-order valence-corrected chi connectivity index (χ2v) is 5.56. The Morgan fingerprint density at radius 1 is 1.39 bits per heavy atom. The number of carbonyl (C=O) groups excluding carboxylic acids is 3. The van der Waals surface area contributed by atoms with Crippen molar-refractivity contribution in [1.82, 2.24) is 4.90 Å². The molecule has 0 aromatic heterocycles. The standard InChI is InChI=1S/C14H16N4O5/c1-14(13(16)21,6-5-11(15)19)17-7-9-8(12(17)20)3-2-4-10(9)18(22)23/h2-4H,5-7H2,1H3,(H2,15,19)(H2,16,21). The molecule has 0 spiro atoms.